The Morgan fingerprint density at radius 1 is 1.00 bits per heavy atom. The predicted molar refractivity (Wildman–Crippen MR) is 148 cm³/mol. The van der Waals surface area contributed by atoms with E-state index >= 15 is 4.39 Å². The number of nitrogens with zero attached hydrogens (tertiary/aromatic N) is 5. The summed E-state index contributed by atoms with van der Waals surface area (Å²) in [6.07, 6.45) is 0. The highest BCUT2D eigenvalue weighted by Crippen LogP contribution is 2.31. The highest BCUT2D eigenvalue weighted by Gasteiger charge is 2.34. The maximum Gasteiger partial charge on any atom is 0.251 e. The van der Waals surface area contributed by atoms with Crippen LogP contribution in [0.25, 0.3) is 11.6 Å². The molecule has 0 saturated carbocycles. The van der Waals surface area contributed by atoms with Gasteiger partial charge < -0.3 is 14.5 Å². The molecule has 10 nitrogen and oxygen atoms in total. The molecule has 208 valence electrons. The van der Waals surface area contributed by atoms with Gasteiger partial charge in [-0.2, -0.15) is 4.80 Å². The van der Waals surface area contributed by atoms with E-state index in [4.69, 9.17) is 9.15 Å². The number of halogens is 1. The first-order valence-electron chi connectivity index (χ1n) is 12.8. The van der Waals surface area contributed by atoms with E-state index in [1.54, 1.807) is 49.4 Å². The molecule has 0 unspecified atom stereocenters. The number of aryl methyl sites for hydroxylation is 1. The minimum absolute atomic E-state index is 0.0739. The van der Waals surface area contributed by atoms with Crippen LogP contribution in [0.2, 0.25) is 0 Å². The molecule has 0 aliphatic rings. The number of amides is 2. The van der Waals surface area contributed by atoms with Crippen LogP contribution in [0, 0.1) is 12.7 Å². The molecular formula is C30H27FN6O4. The second kappa shape index (κ2) is 12.2. The summed E-state index contributed by atoms with van der Waals surface area (Å²) in [5, 5.41) is 15.1. The lowest BCUT2D eigenvalue weighted by Crippen LogP contribution is -2.45. The van der Waals surface area contributed by atoms with Crippen LogP contribution in [0.4, 0.5) is 10.1 Å². The number of hydrogen-bond donors (Lipinski definition) is 1. The standard InChI is InChI=1S/C30H27FN6O4/c1-20-12-17-26(41-20)29-33-35-36(34-29)19-27(38)37(25-11-7-6-10-24(25)31)28(22-13-15-23(40-2)16-14-22)30(39)32-18-21-8-4-3-5-9-21/h3-17,28H,18-19H2,1-2H3,(H,32,39)/t28-/m0/s1. The summed E-state index contributed by atoms with van der Waals surface area (Å²) in [6.45, 7) is 1.58. The number of carbonyl (C=O) groups excluding carboxylic acids is 2. The van der Waals surface area contributed by atoms with Crippen LogP contribution in [0.5, 0.6) is 5.75 Å². The fourth-order valence-electron chi connectivity index (χ4n) is 4.31. The molecule has 2 amide bonds. The van der Waals surface area contributed by atoms with Crippen molar-refractivity contribution in [3.05, 3.63) is 114 Å². The summed E-state index contributed by atoms with van der Waals surface area (Å²) < 4.78 is 26.1. The fraction of sp³-hybridized carbons (Fsp3) is 0.167. The lowest BCUT2D eigenvalue weighted by Gasteiger charge is -2.31. The number of rotatable bonds is 10. The van der Waals surface area contributed by atoms with Crippen LogP contribution in [0.15, 0.2) is 95.4 Å². The van der Waals surface area contributed by atoms with Crippen LogP contribution < -0.4 is 15.0 Å². The second-order valence-electron chi connectivity index (χ2n) is 9.15. The van der Waals surface area contributed by atoms with Gasteiger partial charge in [0.05, 0.1) is 12.8 Å². The Hall–Kier alpha value is -5.32. The maximum absolute atomic E-state index is 15.3. The van der Waals surface area contributed by atoms with Gasteiger partial charge in [0.25, 0.3) is 5.91 Å². The van der Waals surface area contributed by atoms with Crippen LogP contribution in [-0.2, 0) is 22.7 Å². The van der Waals surface area contributed by atoms with Gasteiger partial charge in [-0.1, -0.05) is 54.6 Å². The molecule has 0 aliphatic heterocycles. The zero-order chi connectivity index (χ0) is 28.8. The van der Waals surface area contributed by atoms with E-state index in [0.29, 0.717) is 22.8 Å². The van der Waals surface area contributed by atoms with Crippen LogP contribution >= 0.6 is 0 Å². The van der Waals surface area contributed by atoms with Gasteiger partial charge in [0, 0.05) is 6.54 Å². The first-order valence-corrected chi connectivity index (χ1v) is 12.8. The smallest absolute Gasteiger partial charge is 0.251 e. The molecule has 0 bridgehead atoms. The molecule has 0 aliphatic carbocycles. The average molecular weight is 555 g/mol. The van der Waals surface area contributed by atoms with Crippen molar-refractivity contribution in [1.82, 2.24) is 25.5 Å². The Morgan fingerprint density at radius 2 is 1.73 bits per heavy atom. The number of hydrogen-bond acceptors (Lipinski definition) is 7. The topological polar surface area (TPSA) is 115 Å². The van der Waals surface area contributed by atoms with E-state index in [1.807, 2.05) is 30.3 Å². The monoisotopic (exact) mass is 554 g/mol. The van der Waals surface area contributed by atoms with Gasteiger partial charge in [0.15, 0.2) is 5.76 Å². The van der Waals surface area contributed by atoms with Crippen molar-refractivity contribution in [2.45, 2.75) is 26.1 Å². The Labute approximate surface area is 235 Å². The number of ether oxygens (including phenoxy) is 1. The summed E-state index contributed by atoms with van der Waals surface area (Å²) in [7, 11) is 1.53. The summed E-state index contributed by atoms with van der Waals surface area (Å²) >= 11 is 0. The van der Waals surface area contributed by atoms with E-state index in [1.165, 1.54) is 25.3 Å². The van der Waals surface area contributed by atoms with Crippen molar-refractivity contribution in [1.29, 1.82) is 0 Å². The van der Waals surface area contributed by atoms with Gasteiger partial charge >= 0.3 is 0 Å². The van der Waals surface area contributed by atoms with Gasteiger partial charge in [0.1, 0.15) is 29.9 Å². The third-order valence-corrected chi connectivity index (χ3v) is 6.32. The summed E-state index contributed by atoms with van der Waals surface area (Å²) in [5.74, 6) is 0.00229. The molecular weight excluding hydrogens is 527 g/mol. The van der Waals surface area contributed by atoms with Gasteiger partial charge in [-0.25, -0.2) is 4.39 Å². The van der Waals surface area contributed by atoms with Crippen molar-refractivity contribution in [2.24, 2.45) is 0 Å². The maximum atomic E-state index is 15.3. The summed E-state index contributed by atoms with van der Waals surface area (Å²) in [6, 6.07) is 24.0. The molecule has 5 rings (SSSR count). The van der Waals surface area contributed by atoms with E-state index in [0.717, 1.165) is 15.3 Å². The van der Waals surface area contributed by atoms with Gasteiger partial charge in [-0.15, -0.1) is 10.2 Å². The zero-order valence-corrected chi connectivity index (χ0v) is 22.4. The number of nitrogens with one attached hydrogen (secondary N) is 1. The van der Waals surface area contributed by atoms with Gasteiger partial charge in [0.2, 0.25) is 11.7 Å². The molecule has 1 atom stereocenters. The van der Waals surface area contributed by atoms with Crippen LogP contribution in [0.3, 0.4) is 0 Å². The minimum Gasteiger partial charge on any atom is -0.497 e. The fourth-order valence-corrected chi connectivity index (χ4v) is 4.31. The number of carbonyl (C=O) groups is 2. The number of para-hydroxylation sites is 1. The lowest BCUT2D eigenvalue weighted by atomic mass is 10.0. The largest absolute Gasteiger partial charge is 0.497 e. The molecule has 0 spiro atoms. The van der Waals surface area contributed by atoms with E-state index < -0.39 is 30.2 Å². The molecule has 0 radical (unpaired) electrons. The number of benzene rings is 3. The Bertz CT molecular complexity index is 1630. The summed E-state index contributed by atoms with van der Waals surface area (Å²) in [4.78, 5) is 30.0. The molecule has 2 heterocycles. The summed E-state index contributed by atoms with van der Waals surface area (Å²) in [5.41, 5.74) is 1.24. The average Bonchev–Trinajstić information content (AvgIpc) is 3.64. The molecule has 2 aromatic heterocycles. The zero-order valence-electron chi connectivity index (χ0n) is 22.4. The van der Waals surface area contributed by atoms with Crippen LogP contribution in [0.1, 0.15) is 22.9 Å². The number of aromatic nitrogens is 4. The first kappa shape index (κ1) is 27.3. The highest BCUT2D eigenvalue weighted by molar-refractivity contribution is 6.01. The third-order valence-electron chi connectivity index (χ3n) is 6.32. The minimum atomic E-state index is -1.23. The van der Waals surface area contributed by atoms with Crippen molar-refractivity contribution in [3.8, 4) is 17.3 Å². The SMILES string of the molecule is COc1ccc([C@@H](C(=O)NCc2ccccc2)N(C(=O)Cn2nnc(-c3ccc(C)o3)n2)c2ccccc2F)cc1. The van der Waals surface area contributed by atoms with Gasteiger partial charge in [-0.05, 0) is 59.7 Å². The molecule has 11 heteroatoms. The number of anilines is 1. The Kier molecular flexibility index (Phi) is 8.14. The lowest BCUT2D eigenvalue weighted by molar-refractivity contribution is -0.127. The predicted octanol–water partition coefficient (Wildman–Crippen LogP) is 4.48. The van der Waals surface area contributed by atoms with Crippen molar-refractivity contribution in [3.63, 3.8) is 0 Å². The Morgan fingerprint density at radius 3 is 2.41 bits per heavy atom. The van der Waals surface area contributed by atoms with Crippen molar-refractivity contribution >= 4 is 17.5 Å². The quantitative estimate of drug-likeness (QED) is 0.271. The van der Waals surface area contributed by atoms with Gasteiger partial charge in [-0.3, -0.25) is 14.5 Å². The normalized spacial score (nSPS) is 11.6. The first-order chi connectivity index (χ1) is 19.9. The number of methoxy groups -OCH3 is 1. The van der Waals surface area contributed by atoms with E-state index in [2.05, 4.69) is 20.7 Å². The molecule has 41 heavy (non-hydrogen) atoms. The molecule has 0 saturated heterocycles. The molecule has 3 aromatic carbocycles. The number of tetrazole rings is 1. The van der Waals surface area contributed by atoms with Crippen molar-refractivity contribution in [2.75, 3.05) is 12.0 Å². The third kappa shape index (κ3) is 6.30. The Balaban J connectivity index is 1.51. The number of furan rings is 1. The molecule has 1 N–H and O–H groups in total. The molecule has 5 aromatic rings. The van der Waals surface area contributed by atoms with Crippen molar-refractivity contribution < 1.29 is 23.1 Å². The second-order valence-corrected chi connectivity index (χ2v) is 9.15. The molecule has 0 fully saturated rings. The van der Waals surface area contributed by atoms with E-state index in [9.17, 15) is 9.59 Å². The van der Waals surface area contributed by atoms with E-state index in [-0.39, 0.29) is 18.1 Å². The highest BCUT2D eigenvalue weighted by atomic mass is 19.1. The van der Waals surface area contributed by atoms with Crippen LogP contribution in [-0.4, -0.2) is 39.1 Å².